The van der Waals surface area contributed by atoms with Gasteiger partial charge in [-0.05, 0) is 113 Å². The van der Waals surface area contributed by atoms with E-state index in [0.717, 1.165) is 23.9 Å². The molecule has 11 nitrogen and oxygen atoms in total. The molecule has 0 fully saturated rings. The van der Waals surface area contributed by atoms with E-state index in [2.05, 4.69) is 136 Å². The van der Waals surface area contributed by atoms with Crippen LogP contribution in [-0.2, 0) is 11.8 Å². The van der Waals surface area contributed by atoms with Gasteiger partial charge in [-0.3, -0.25) is 19.7 Å². The van der Waals surface area contributed by atoms with Gasteiger partial charge in [0, 0.05) is 60.9 Å². The van der Waals surface area contributed by atoms with E-state index in [1.807, 2.05) is 89.0 Å². The molecular weight excluding hydrogens is 827 g/mol. The predicted octanol–water partition coefficient (Wildman–Crippen LogP) is 13.1. The molecule has 66 heavy (non-hydrogen) atoms. The van der Waals surface area contributed by atoms with Crippen molar-refractivity contribution in [2.75, 3.05) is 0 Å². The number of carboxylic acid groups (broad SMARTS) is 3. The Morgan fingerprint density at radius 2 is 0.970 bits per heavy atom. The van der Waals surface area contributed by atoms with E-state index in [0.29, 0.717) is 35.5 Å². The van der Waals surface area contributed by atoms with Crippen molar-refractivity contribution >= 4 is 17.9 Å². The number of carbonyl (C=O) groups is 3. The van der Waals surface area contributed by atoms with Crippen molar-refractivity contribution in [1.29, 1.82) is 0 Å². The summed E-state index contributed by atoms with van der Waals surface area (Å²) in [6, 6.07) is 31.8. The summed E-state index contributed by atoms with van der Waals surface area (Å²) in [7, 11) is 2.03. The van der Waals surface area contributed by atoms with E-state index in [-0.39, 0.29) is 11.3 Å². The number of rotatable bonds is 8. The fraction of sp³-hybridized carbons (Fsp3) is 0.382. The van der Waals surface area contributed by atoms with Crippen molar-refractivity contribution in [3.8, 4) is 0 Å². The van der Waals surface area contributed by atoms with Crippen LogP contribution in [0.5, 0.6) is 0 Å². The van der Waals surface area contributed by atoms with Gasteiger partial charge in [0.2, 0.25) is 0 Å². The van der Waals surface area contributed by atoms with Crippen molar-refractivity contribution in [2.24, 2.45) is 7.05 Å². The van der Waals surface area contributed by atoms with Crippen LogP contribution in [0.15, 0.2) is 134 Å². The maximum atomic E-state index is 10.5. The molecule has 1 aromatic carbocycles. The van der Waals surface area contributed by atoms with Crippen molar-refractivity contribution in [2.45, 2.75) is 132 Å². The molecule has 0 aliphatic heterocycles. The first-order valence-corrected chi connectivity index (χ1v) is 22.4. The Morgan fingerprint density at radius 1 is 0.500 bits per heavy atom. The lowest BCUT2D eigenvalue weighted by Gasteiger charge is -2.04. The molecule has 6 aromatic rings. The molecule has 11 heteroatoms. The second-order valence-electron chi connectivity index (χ2n) is 17.2. The summed E-state index contributed by atoms with van der Waals surface area (Å²) < 4.78 is 2.05. The van der Waals surface area contributed by atoms with Gasteiger partial charge in [-0.15, -0.1) is 0 Å². The number of hydrogen-bond donors (Lipinski definition) is 3. The summed E-state index contributed by atoms with van der Waals surface area (Å²) in [6.45, 7) is 28.6. The number of aryl methyl sites for hydroxylation is 2. The van der Waals surface area contributed by atoms with Crippen LogP contribution in [0.2, 0.25) is 0 Å². The van der Waals surface area contributed by atoms with Crippen LogP contribution < -0.4 is 4.57 Å². The molecular formula is C55H76N5O6+. The predicted molar refractivity (Wildman–Crippen MR) is 268 cm³/mol. The number of carboxylic acids is 3. The van der Waals surface area contributed by atoms with Crippen LogP contribution in [-0.4, -0.2) is 53.2 Å². The topological polar surface area (TPSA) is 167 Å². The Labute approximate surface area is 395 Å². The van der Waals surface area contributed by atoms with E-state index >= 15 is 0 Å². The third-order valence-electron chi connectivity index (χ3n) is 9.31. The van der Waals surface area contributed by atoms with Gasteiger partial charge in [-0.1, -0.05) is 119 Å². The first kappa shape index (κ1) is 59.4. The van der Waals surface area contributed by atoms with E-state index in [9.17, 15) is 9.59 Å². The molecule has 0 bridgehead atoms. The molecule has 5 aromatic heterocycles. The van der Waals surface area contributed by atoms with Gasteiger partial charge in [0.25, 0.3) is 5.97 Å². The lowest BCUT2D eigenvalue weighted by Crippen LogP contribution is -2.26. The molecule has 0 saturated heterocycles. The first-order valence-electron chi connectivity index (χ1n) is 22.4. The van der Waals surface area contributed by atoms with Crippen LogP contribution in [0.1, 0.15) is 186 Å². The third kappa shape index (κ3) is 27.5. The maximum absolute atomic E-state index is 10.5. The van der Waals surface area contributed by atoms with Crippen LogP contribution in [0.25, 0.3) is 0 Å². The molecule has 0 atom stereocenters. The number of aromatic nitrogens is 5. The van der Waals surface area contributed by atoms with Crippen LogP contribution in [0, 0.1) is 6.92 Å². The number of hydrogen-bond acceptors (Lipinski definition) is 7. The fourth-order valence-corrected chi connectivity index (χ4v) is 5.17. The molecule has 0 unspecified atom stereocenters. The molecule has 3 N–H and O–H groups in total. The third-order valence-corrected chi connectivity index (χ3v) is 9.31. The van der Waals surface area contributed by atoms with Crippen LogP contribution in [0.3, 0.4) is 0 Å². The van der Waals surface area contributed by atoms with Crippen LogP contribution in [0.4, 0.5) is 0 Å². The zero-order valence-corrected chi connectivity index (χ0v) is 42.0. The number of nitrogens with zero attached hydrogens (tertiary/aromatic N) is 5. The molecule has 0 radical (unpaired) electrons. The lowest BCUT2D eigenvalue weighted by atomic mass is 10.0. The zero-order valence-electron chi connectivity index (χ0n) is 42.0. The number of benzene rings is 1. The Bertz CT molecular complexity index is 2180. The van der Waals surface area contributed by atoms with Gasteiger partial charge >= 0.3 is 11.9 Å². The summed E-state index contributed by atoms with van der Waals surface area (Å²) in [5, 5.41) is 24.6. The zero-order chi connectivity index (χ0) is 50.4. The second-order valence-corrected chi connectivity index (χ2v) is 17.2. The summed E-state index contributed by atoms with van der Waals surface area (Å²) in [4.78, 5) is 46.0. The molecule has 0 amide bonds. The van der Waals surface area contributed by atoms with Gasteiger partial charge in [-0.25, -0.2) is 19.1 Å². The molecule has 0 aliphatic carbocycles. The van der Waals surface area contributed by atoms with Gasteiger partial charge in [0.15, 0.2) is 12.4 Å². The average Bonchev–Trinajstić information content (AvgIpc) is 3.28. The van der Waals surface area contributed by atoms with E-state index < -0.39 is 17.9 Å². The summed E-state index contributed by atoms with van der Waals surface area (Å²) in [6.07, 6.45) is 10.7. The van der Waals surface area contributed by atoms with Crippen molar-refractivity contribution in [3.05, 3.63) is 185 Å². The van der Waals surface area contributed by atoms with Gasteiger partial charge in [0.1, 0.15) is 12.7 Å². The second kappa shape index (κ2) is 32.9. The largest absolute Gasteiger partial charge is 0.481 e. The fourth-order valence-electron chi connectivity index (χ4n) is 5.17. The number of aliphatic carboxylic acids is 1. The van der Waals surface area contributed by atoms with Gasteiger partial charge < -0.3 is 15.3 Å². The average molecular weight is 903 g/mol. The summed E-state index contributed by atoms with van der Waals surface area (Å²) >= 11 is 0. The normalized spacial score (nSPS) is 10.0. The highest BCUT2D eigenvalue weighted by Crippen LogP contribution is 2.15. The minimum absolute atomic E-state index is 0.112. The molecule has 5 heterocycles. The van der Waals surface area contributed by atoms with E-state index in [1.54, 1.807) is 18.2 Å². The minimum Gasteiger partial charge on any atom is -0.481 e. The summed E-state index contributed by atoms with van der Waals surface area (Å²) in [5.41, 5.74) is 8.72. The lowest BCUT2D eigenvalue weighted by molar-refractivity contribution is -0.671. The minimum atomic E-state index is -0.975. The number of aromatic carboxylic acids is 2. The Kier molecular flexibility index (Phi) is 29.6. The molecule has 6 rings (SSSR count). The highest BCUT2D eigenvalue weighted by atomic mass is 16.4. The monoisotopic (exact) mass is 903 g/mol. The Morgan fingerprint density at radius 3 is 1.33 bits per heavy atom. The molecule has 0 aliphatic rings. The SMILES string of the molecule is CC(=O)O.CC(C)c1cc[n+](C)cc1.CC(C)c1ccc(C(=O)O)cn1.CC(C)c1ccccc1.CC(C)c1ccnc(C(=O)O)c1.CC(C)c1ccncc1.Cc1cccc(C(C)C)n1. The Balaban J connectivity index is 0.000000758. The quantitative estimate of drug-likeness (QED) is 0.125. The van der Waals surface area contributed by atoms with Crippen molar-refractivity contribution in [1.82, 2.24) is 19.9 Å². The molecule has 356 valence electrons. The van der Waals surface area contributed by atoms with Gasteiger partial charge in [0.05, 0.1) is 5.56 Å². The molecule has 0 spiro atoms. The standard InChI is InChI=1S/2C9H11NO2.C9H14N.C9H13N.C9H12.C8H11N.C2H4O2/c1-6(2)8-4-3-7(5-10-8)9(11)12;1-6(2)7-3-4-10-8(5-7)9(11)12;1-8(2)9-4-6-10(3)7-5-9;1-7(2)9-6-4-5-8(3)10-9;1-8(2)9-6-4-3-5-7-9;1-7(2)8-3-5-9-6-4-8;1-2(3)4/h2*3-6H,1-2H3,(H,11,12);4-8H,1-3H3;4-7H,1-3H3;3-8H,1-2H3;3-7H,1-2H3;1H3,(H,3,4)/q;;+1;;;;. The van der Waals surface area contributed by atoms with Crippen molar-refractivity contribution in [3.63, 3.8) is 0 Å². The smallest absolute Gasteiger partial charge is 0.354 e. The van der Waals surface area contributed by atoms with E-state index in [4.69, 9.17) is 20.1 Å². The summed E-state index contributed by atoms with van der Waals surface area (Å²) in [5.74, 6) is 0.398. The van der Waals surface area contributed by atoms with E-state index in [1.165, 1.54) is 34.8 Å². The maximum Gasteiger partial charge on any atom is 0.354 e. The Hall–Kier alpha value is -6.62. The molecule has 0 saturated carbocycles. The first-order chi connectivity index (χ1) is 31.0. The highest BCUT2D eigenvalue weighted by Gasteiger charge is 2.07. The highest BCUT2D eigenvalue weighted by molar-refractivity contribution is 5.87. The van der Waals surface area contributed by atoms with Crippen LogP contribution >= 0.6 is 0 Å². The van der Waals surface area contributed by atoms with Crippen molar-refractivity contribution < 1.29 is 34.3 Å². The van der Waals surface area contributed by atoms with Gasteiger partial charge in [-0.2, -0.15) is 0 Å². The number of pyridine rings is 5.